The van der Waals surface area contributed by atoms with E-state index in [-0.39, 0.29) is 11.3 Å². The van der Waals surface area contributed by atoms with Crippen molar-refractivity contribution in [3.8, 4) is 17.2 Å². The largest absolute Gasteiger partial charge is 0.507 e. The van der Waals surface area contributed by atoms with Crippen LogP contribution in [0.25, 0.3) is 5.76 Å². The summed E-state index contributed by atoms with van der Waals surface area (Å²) < 4.78 is 16.0. The molecule has 0 saturated carbocycles. The Labute approximate surface area is 200 Å². The van der Waals surface area contributed by atoms with Crippen molar-refractivity contribution in [1.82, 2.24) is 9.80 Å². The van der Waals surface area contributed by atoms with Crippen molar-refractivity contribution >= 4 is 17.4 Å². The quantitative estimate of drug-likeness (QED) is 0.324. The normalized spacial score (nSPS) is 17.4. The van der Waals surface area contributed by atoms with E-state index in [0.29, 0.717) is 41.5 Å². The number of Topliss-reactive ketones (excluding diaryl/α,β-unsaturated/α-hetero) is 1. The number of rotatable bonds is 10. The van der Waals surface area contributed by atoms with Crippen molar-refractivity contribution in [1.29, 1.82) is 0 Å². The van der Waals surface area contributed by atoms with E-state index in [1.165, 1.54) is 19.1 Å². The zero-order valence-corrected chi connectivity index (χ0v) is 20.3. The third-order valence-corrected chi connectivity index (χ3v) is 6.18. The van der Waals surface area contributed by atoms with Crippen LogP contribution in [0.5, 0.6) is 17.2 Å². The molecule has 1 aliphatic rings. The lowest BCUT2D eigenvalue weighted by molar-refractivity contribution is -0.140. The molecule has 0 unspecified atom stereocenters. The number of likely N-dealkylation sites (tertiary alicyclic amines) is 1. The first-order chi connectivity index (χ1) is 16.4. The number of hydrogen-bond donors (Lipinski definition) is 1. The van der Waals surface area contributed by atoms with Gasteiger partial charge < -0.3 is 29.1 Å². The third-order valence-electron chi connectivity index (χ3n) is 6.18. The summed E-state index contributed by atoms with van der Waals surface area (Å²) in [5.41, 5.74) is 1.11. The van der Waals surface area contributed by atoms with Gasteiger partial charge in [0.05, 0.1) is 32.9 Å². The SMILES string of the molecule is CCN(CC)CCN1C(=O)C(=O)C(=C(O)c2ccc(OC)cc2)[C@H]1c1ccc(OC)c(OC)c1. The molecule has 1 heterocycles. The van der Waals surface area contributed by atoms with Crippen LogP contribution in [-0.2, 0) is 9.59 Å². The van der Waals surface area contributed by atoms with Crippen molar-refractivity contribution in [2.45, 2.75) is 19.9 Å². The van der Waals surface area contributed by atoms with Gasteiger partial charge in [-0.1, -0.05) is 19.9 Å². The molecular weight excluding hydrogens is 436 g/mol. The van der Waals surface area contributed by atoms with Gasteiger partial charge in [0.1, 0.15) is 11.5 Å². The fraction of sp³-hybridized carbons (Fsp3) is 0.385. The molecule has 1 amide bonds. The topological polar surface area (TPSA) is 88.5 Å². The van der Waals surface area contributed by atoms with Crippen molar-refractivity contribution in [3.63, 3.8) is 0 Å². The minimum atomic E-state index is -0.766. The van der Waals surface area contributed by atoms with Crippen LogP contribution < -0.4 is 14.2 Å². The smallest absolute Gasteiger partial charge is 0.295 e. The van der Waals surface area contributed by atoms with Gasteiger partial charge in [-0.05, 0) is 55.1 Å². The van der Waals surface area contributed by atoms with E-state index < -0.39 is 17.7 Å². The van der Waals surface area contributed by atoms with Gasteiger partial charge in [0.25, 0.3) is 11.7 Å². The summed E-state index contributed by atoms with van der Waals surface area (Å²) in [6.07, 6.45) is 0. The second-order valence-electron chi connectivity index (χ2n) is 7.86. The number of carbonyl (C=O) groups excluding carboxylic acids is 2. The zero-order valence-electron chi connectivity index (χ0n) is 20.3. The summed E-state index contributed by atoms with van der Waals surface area (Å²) in [6.45, 7) is 6.69. The maximum atomic E-state index is 13.2. The van der Waals surface area contributed by atoms with E-state index in [2.05, 4.69) is 4.90 Å². The summed E-state index contributed by atoms with van der Waals surface area (Å²) in [7, 11) is 4.61. The van der Waals surface area contributed by atoms with E-state index in [1.807, 2.05) is 13.8 Å². The van der Waals surface area contributed by atoms with E-state index in [4.69, 9.17) is 14.2 Å². The van der Waals surface area contributed by atoms with E-state index in [1.54, 1.807) is 49.6 Å². The predicted molar refractivity (Wildman–Crippen MR) is 129 cm³/mol. The number of ether oxygens (including phenoxy) is 3. The number of aliphatic hydroxyl groups excluding tert-OH is 1. The van der Waals surface area contributed by atoms with Gasteiger partial charge in [0.2, 0.25) is 0 Å². The summed E-state index contributed by atoms with van der Waals surface area (Å²) in [6, 6.07) is 11.2. The van der Waals surface area contributed by atoms with E-state index in [9.17, 15) is 14.7 Å². The van der Waals surface area contributed by atoms with E-state index in [0.717, 1.165) is 13.1 Å². The van der Waals surface area contributed by atoms with E-state index >= 15 is 0 Å². The molecule has 0 radical (unpaired) electrons. The van der Waals surface area contributed by atoms with Crippen molar-refractivity contribution in [3.05, 3.63) is 59.2 Å². The first-order valence-corrected chi connectivity index (χ1v) is 11.3. The molecule has 1 atom stereocenters. The van der Waals surface area contributed by atoms with Crippen LogP contribution in [0.15, 0.2) is 48.0 Å². The maximum Gasteiger partial charge on any atom is 0.295 e. The van der Waals surface area contributed by atoms with Crippen LogP contribution in [-0.4, -0.2) is 74.1 Å². The number of amides is 1. The predicted octanol–water partition coefficient (Wildman–Crippen LogP) is 3.48. The molecule has 34 heavy (non-hydrogen) atoms. The molecule has 2 aromatic rings. The maximum absolute atomic E-state index is 13.2. The Morgan fingerprint density at radius 1 is 0.941 bits per heavy atom. The molecule has 182 valence electrons. The zero-order chi connectivity index (χ0) is 24.8. The van der Waals surface area contributed by atoms with Crippen molar-refractivity contribution < 1.29 is 28.9 Å². The van der Waals surface area contributed by atoms with Crippen LogP contribution >= 0.6 is 0 Å². The van der Waals surface area contributed by atoms with Crippen LogP contribution in [0.4, 0.5) is 0 Å². The Balaban J connectivity index is 2.13. The highest BCUT2D eigenvalue weighted by Gasteiger charge is 2.46. The highest BCUT2D eigenvalue weighted by molar-refractivity contribution is 6.46. The highest BCUT2D eigenvalue weighted by Crippen LogP contribution is 2.42. The monoisotopic (exact) mass is 468 g/mol. The minimum Gasteiger partial charge on any atom is -0.507 e. The number of carbonyl (C=O) groups is 2. The second kappa shape index (κ2) is 11.1. The van der Waals surface area contributed by atoms with Crippen molar-refractivity contribution in [2.24, 2.45) is 0 Å². The third kappa shape index (κ3) is 4.87. The van der Waals surface area contributed by atoms with Crippen LogP contribution in [0.3, 0.4) is 0 Å². The molecule has 2 aromatic carbocycles. The van der Waals surface area contributed by atoms with Gasteiger partial charge in [-0.3, -0.25) is 9.59 Å². The lowest BCUT2D eigenvalue weighted by Gasteiger charge is -2.28. The van der Waals surface area contributed by atoms with Gasteiger partial charge in [-0.2, -0.15) is 0 Å². The standard InChI is InChI=1S/C26H32N2O6/c1-6-27(7-2)14-15-28-23(18-10-13-20(33-4)21(16-18)34-5)22(25(30)26(28)31)24(29)17-8-11-19(32-3)12-9-17/h8-13,16,23,29H,6-7,14-15H2,1-5H3/t23-/m1/s1. The molecule has 8 nitrogen and oxygen atoms in total. The molecule has 3 rings (SSSR count). The number of ketones is 1. The molecule has 1 fully saturated rings. The van der Waals surface area contributed by atoms with Gasteiger partial charge in [0, 0.05) is 18.7 Å². The number of nitrogens with zero attached hydrogens (tertiary/aromatic N) is 2. The average Bonchev–Trinajstić information content (AvgIpc) is 3.13. The molecule has 0 bridgehead atoms. The number of aliphatic hydroxyl groups is 1. The minimum absolute atomic E-state index is 0.0435. The lowest BCUT2D eigenvalue weighted by Crippen LogP contribution is -2.38. The fourth-order valence-corrected chi connectivity index (χ4v) is 4.17. The number of benzene rings is 2. The van der Waals surface area contributed by atoms with Crippen LogP contribution in [0.1, 0.15) is 31.0 Å². The Morgan fingerprint density at radius 2 is 1.59 bits per heavy atom. The Kier molecular flexibility index (Phi) is 8.17. The summed E-state index contributed by atoms with van der Waals surface area (Å²) >= 11 is 0. The lowest BCUT2D eigenvalue weighted by atomic mass is 9.95. The Hall–Kier alpha value is -3.52. The van der Waals surface area contributed by atoms with Crippen molar-refractivity contribution in [2.75, 3.05) is 47.5 Å². The number of hydrogen-bond acceptors (Lipinski definition) is 7. The summed E-state index contributed by atoms with van der Waals surface area (Å²) in [5, 5.41) is 11.2. The Morgan fingerprint density at radius 3 is 2.15 bits per heavy atom. The highest BCUT2D eigenvalue weighted by atomic mass is 16.5. The van der Waals surface area contributed by atoms with Crippen LogP contribution in [0.2, 0.25) is 0 Å². The van der Waals surface area contributed by atoms with Gasteiger partial charge in [-0.15, -0.1) is 0 Å². The molecule has 1 N–H and O–H groups in total. The molecular formula is C26H32N2O6. The summed E-state index contributed by atoms with van der Waals surface area (Å²) in [4.78, 5) is 30.0. The second-order valence-corrected chi connectivity index (χ2v) is 7.86. The summed E-state index contributed by atoms with van der Waals surface area (Å²) in [5.74, 6) is 0.0359. The molecule has 1 saturated heterocycles. The van der Waals surface area contributed by atoms with Gasteiger partial charge in [-0.25, -0.2) is 0 Å². The molecule has 0 aromatic heterocycles. The number of methoxy groups -OCH3 is 3. The van der Waals surface area contributed by atoms with Gasteiger partial charge >= 0.3 is 0 Å². The molecule has 8 heteroatoms. The van der Waals surface area contributed by atoms with Crippen LogP contribution in [0, 0.1) is 0 Å². The Bertz CT molecular complexity index is 1060. The fourth-order valence-electron chi connectivity index (χ4n) is 4.17. The van der Waals surface area contributed by atoms with Gasteiger partial charge in [0.15, 0.2) is 11.5 Å². The molecule has 1 aliphatic heterocycles. The molecule has 0 aliphatic carbocycles. The molecule has 0 spiro atoms. The first kappa shape index (κ1) is 25.1. The average molecular weight is 469 g/mol. The number of likely N-dealkylation sites (N-methyl/N-ethyl adjacent to an activating group) is 1. The first-order valence-electron chi connectivity index (χ1n) is 11.3.